The quantitative estimate of drug-likeness (QED) is 0.808. The number of aromatic nitrogens is 4. The average molecular weight is 231 g/mol. The molecule has 0 saturated heterocycles. The van der Waals surface area contributed by atoms with Gasteiger partial charge in [-0.15, -0.1) is 0 Å². The van der Waals surface area contributed by atoms with Gasteiger partial charge in [-0.3, -0.25) is 4.68 Å². The van der Waals surface area contributed by atoms with Gasteiger partial charge in [-0.05, 0) is 12.3 Å². The molecule has 0 radical (unpaired) electrons. The van der Waals surface area contributed by atoms with Crippen molar-refractivity contribution >= 4 is 5.82 Å². The molecule has 3 rings (SSSR count). The number of fused-ring (bicyclic) bond motifs is 1. The number of rotatable bonds is 1. The Kier molecular flexibility index (Phi) is 2.21. The first-order valence-corrected chi connectivity index (χ1v) is 5.99. The molecular weight excluding hydrogens is 214 g/mol. The van der Waals surface area contributed by atoms with E-state index in [4.69, 9.17) is 5.73 Å². The zero-order valence-corrected chi connectivity index (χ0v) is 10.2. The van der Waals surface area contributed by atoms with Gasteiger partial charge in [0.2, 0.25) is 0 Å². The van der Waals surface area contributed by atoms with E-state index in [0.29, 0.717) is 5.92 Å². The second-order valence-corrected chi connectivity index (χ2v) is 4.92. The van der Waals surface area contributed by atoms with E-state index in [-0.39, 0.29) is 0 Å². The molecular formula is C12H17N5. The fourth-order valence-corrected chi connectivity index (χ4v) is 2.44. The Hall–Kier alpha value is -1.78. The second kappa shape index (κ2) is 3.61. The summed E-state index contributed by atoms with van der Waals surface area (Å²) in [5.41, 5.74) is 8.07. The molecule has 17 heavy (non-hydrogen) atoms. The van der Waals surface area contributed by atoms with Gasteiger partial charge in [-0.2, -0.15) is 5.10 Å². The third-order valence-electron chi connectivity index (χ3n) is 3.42. The molecule has 3 heterocycles. The van der Waals surface area contributed by atoms with Crippen LogP contribution in [0.4, 0.5) is 5.82 Å². The molecule has 0 bridgehead atoms. The fraction of sp³-hybridized carbons (Fsp3) is 0.500. The van der Waals surface area contributed by atoms with Crippen molar-refractivity contribution in [3.63, 3.8) is 0 Å². The maximum atomic E-state index is 6.19. The summed E-state index contributed by atoms with van der Waals surface area (Å²) in [6.45, 7) is 3.24. The summed E-state index contributed by atoms with van der Waals surface area (Å²) in [7, 11) is 1.90. The van der Waals surface area contributed by atoms with Crippen LogP contribution >= 0.6 is 0 Å². The highest BCUT2D eigenvalue weighted by Crippen LogP contribution is 2.30. The van der Waals surface area contributed by atoms with E-state index in [2.05, 4.69) is 21.6 Å². The Morgan fingerprint density at radius 3 is 3.00 bits per heavy atom. The smallest absolute Gasteiger partial charge is 0.131 e. The molecule has 2 aromatic heterocycles. The summed E-state index contributed by atoms with van der Waals surface area (Å²) in [6, 6.07) is 0. The highest BCUT2D eigenvalue weighted by molar-refractivity contribution is 5.70. The summed E-state index contributed by atoms with van der Waals surface area (Å²) >= 11 is 0. The first kappa shape index (κ1) is 10.4. The molecule has 5 heteroatoms. The molecule has 0 spiro atoms. The highest BCUT2D eigenvalue weighted by atomic mass is 15.2. The SMILES string of the molecule is CC1CCc2nc(-c3cnn(C)c3)c(N)n2C1. The number of anilines is 1. The van der Waals surface area contributed by atoms with E-state index in [1.807, 2.05) is 19.4 Å². The summed E-state index contributed by atoms with van der Waals surface area (Å²) in [6.07, 6.45) is 5.98. The highest BCUT2D eigenvalue weighted by Gasteiger charge is 2.22. The topological polar surface area (TPSA) is 61.7 Å². The number of imidazole rings is 1. The molecule has 0 amide bonds. The Morgan fingerprint density at radius 1 is 1.47 bits per heavy atom. The molecule has 1 aliphatic rings. The van der Waals surface area contributed by atoms with Crippen molar-refractivity contribution in [3.8, 4) is 11.3 Å². The van der Waals surface area contributed by atoms with Crippen LogP contribution in [0.3, 0.4) is 0 Å². The van der Waals surface area contributed by atoms with Crippen LogP contribution in [-0.2, 0) is 20.0 Å². The number of nitrogens with zero attached hydrogens (tertiary/aromatic N) is 4. The lowest BCUT2D eigenvalue weighted by molar-refractivity contribution is 0.397. The zero-order valence-electron chi connectivity index (χ0n) is 10.2. The van der Waals surface area contributed by atoms with Gasteiger partial charge in [0.15, 0.2) is 0 Å². The normalized spacial score (nSPS) is 19.3. The summed E-state index contributed by atoms with van der Waals surface area (Å²) < 4.78 is 3.92. The molecule has 5 nitrogen and oxygen atoms in total. The van der Waals surface area contributed by atoms with E-state index in [1.54, 1.807) is 4.68 Å². The van der Waals surface area contributed by atoms with Gasteiger partial charge in [0.05, 0.1) is 6.20 Å². The third-order valence-corrected chi connectivity index (χ3v) is 3.42. The Morgan fingerprint density at radius 2 is 2.29 bits per heavy atom. The van der Waals surface area contributed by atoms with Crippen LogP contribution in [0.25, 0.3) is 11.3 Å². The molecule has 0 aromatic carbocycles. The van der Waals surface area contributed by atoms with Crippen molar-refractivity contribution in [1.29, 1.82) is 0 Å². The number of hydrogen-bond donors (Lipinski definition) is 1. The standard InChI is InChI=1S/C12H17N5/c1-8-3-4-10-15-11(12(13)17(10)6-8)9-5-14-16(2)7-9/h5,7-8H,3-4,6,13H2,1-2H3. The van der Waals surface area contributed by atoms with E-state index in [1.165, 1.54) is 6.42 Å². The monoisotopic (exact) mass is 231 g/mol. The molecule has 2 N–H and O–H groups in total. The van der Waals surface area contributed by atoms with E-state index < -0.39 is 0 Å². The van der Waals surface area contributed by atoms with Crippen molar-refractivity contribution in [2.75, 3.05) is 5.73 Å². The first-order chi connectivity index (χ1) is 8.15. The minimum absolute atomic E-state index is 0.681. The fourth-order valence-electron chi connectivity index (χ4n) is 2.44. The second-order valence-electron chi connectivity index (χ2n) is 4.92. The molecule has 1 atom stereocenters. The van der Waals surface area contributed by atoms with E-state index in [9.17, 15) is 0 Å². The van der Waals surface area contributed by atoms with Crippen molar-refractivity contribution in [1.82, 2.24) is 19.3 Å². The van der Waals surface area contributed by atoms with Gasteiger partial charge in [-0.1, -0.05) is 6.92 Å². The largest absolute Gasteiger partial charge is 0.383 e. The minimum Gasteiger partial charge on any atom is -0.383 e. The summed E-state index contributed by atoms with van der Waals surface area (Å²) in [4.78, 5) is 4.65. The number of nitrogens with two attached hydrogens (primary N) is 1. The van der Waals surface area contributed by atoms with Gasteiger partial charge in [-0.25, -0.2) is 4.98 Å². The van der Waals surface area contributed by atoms with Gasteiger partial charge in [0.25, 0.3) is 0 Å². The molecule has 0 saturated carbocycles. The molecule has 0 aliphatic carbocycles. The summed E-state index contributed by atoms with van der Waals surface area (Å²) in [5, 5.41) is 4.17. The number of aryl methyl sites for hydroxylation is 2. The van der Waals surface area contributed by atoms with E-state index in [0.717, 1.165) is 35.9 Å². The van der Waals surface area contributed by atoms with Gasteiger partial charge >= 0.3 is 0 Å². The maximum Gasteiger partial charge on any atom is 0.131 e. The summed E-state index contributed by atoms with van der Waals surface area (Å²) in [5.74, 6) is 2.57. The maximum absolute atomic E-state index is 6.19. The number of nitrogen functional groups attached to an aromatic ring is 1. The lowest BCUT2D eigenvalue weighted by atomic mass is 10.0. The van der Waals surface area contributed by atoms with E-state index >= 15 is 0 Å². The van der Waals surface area contributed by atoms with Crippen molar-refractivity contribution in [3.05, 3.63) is 18.2 Å². The lowest BCUT2D eigenvalue weighted by Gasteiger charge is -2.20. The van der Waals surface area contributed by atoms with Crippen LogP contribution < -0.4 is 5.73 Å². The van der Waals surface area contributed by atoms with Crippen LogP contribution in [0, 0.1) is 5.92 Å². The Balaban J connectivity index is 2.08. The van der Waals surface area contributed by atoms with Crippen LogP contribution in [0.5, 0.6) is 0 Å². The average Bonchev–Trinajstić information content (AvgIpc) is 2.84. The van der Waals surface area contributed by atoms with Gasteiger partial charge in [0.1, 0.15) is 17.3 Å². The Labute approximate surface area is 100 Å². The van der Waals surface area contributed by atoms with Crippen LogP contribution in [0.2, 0.25) is 0 Å². The van der Waals surface area contributed by atoms with Crippen LogP contribution in [-0.4, -0.2) is 19.3 Å². The molecule has 1 unspecified atom stereocenters. The van der Waals surface area contributed by atoms with Crippen molar-refractivity contribution in [2.24, 2.45) is 13.0 Å². The number of hydrogen-bond acceptors (Lipinski definition) is 3. The zero-order chi connectivity index (χ0) is 12.0. The Bertz CT molecular complexity index is 551. The van der Waals surface area contributed by atoms with Crippen molar-refractivity contribution in [2.45, 2.75) is 26.3 Å². The molecule has 0 fully saturated rings. The van der Waals surface area contributed by atoms with Crippen LogP contribution in [0.15, 0.2) is 12.4 Å². The van der Waals surface area contributed by atoms with Gasteiger partial charge < -0.3 is 10.3 Å². The predicted octanol–water partition coefficient (Wildman–Crippen LogP) is 1.45. The van der Waals surface area contributed by atoms with Crippen LogP contribution in [0.1, 0.15) is 19.2 Å². The molecule has 90 valence electrons. The lowest BCUT2D eigenvalue weighted by Crippen LogP contribution is -2.19. The minimum atomic E-state index is 0.681. The third kappa shape index (κ3) is 1.62. The van der Waals surface area contributed by atoms with Gasteiger partial charge in [0, 0.05) is 31.8 Å². The first-order valence-electron chi connectivity index (χ1n) is 5.99. The molecule has 2 aromatic rings. The van der Waals surface area contributed by atoms with Crippen molar-refractivity contribution < 1.29 is 0 Å². The molecule has 1 aliphatic heterocycles. The predicted molar refractivity (Wildman–Crippen MR) is 66.3 cm³/mol.